The van der Waals surface area contributed by atoms with Gasteiger partial charge < -0.3 is 25.1 Å². The Bertz CT molecular complexity index is 2270. The zero-order valence-electron chi connectivity index (χ0n) is 35.5. The van der Waals surface area contributed by atoms with E-state index in [1.54, 1.807) is 18.5 Å². The number of imidazole rings is 2. The number of nitrogens with one attached hydrogen (secondary N) is 3. The first-order chi connectivity index (χ1) is 29.2. The fourth-order valence-electron chi connectivity index (χ4n) is 8.50. The number of rotatable bonds is 16. The van der Waals surface area contributed by atoms with Gasteiger partial charge in [-0.15, -0.1) is 0 Å². The lowest BCUT2D eigenvalue weighted by molar-refractivity contribution is -0.136. The number of nitrogens with zero attached hydrogens (tertiary/aromatic N) is 7. The molecule has 4 atom stereocenters. The number of hydrogen-bond donors (Lipinski definition) is 3. The number of aromatic amines is 2. The summed E-state index contributed by atoms with van der Waals surface area (Å²) < 4.78 is 0. The van der Waals surface area contributed by atoms with Crippen LogP contribution in [-0.2, 0) is 9.59 Å². The summed E-state index contributed by atoms with van der Waals surface area (Å²) >= 11 is 0. The molecule has 0 unspecified atom stereocenters. The monoisotopic (exact) mass is 806 g/mol. The molecule has 5 heterocycles. The Hall–Kier alpha value is -6.14. The lowest BCUT2D eigenvalue weighted by Gasteiger charge is -2.34. The van der Waals surface area contributed by atoms with Crippen LogP contribution in [0.4, 0.5) is 5.95 Å². The number of H-pyrrole nitrogens is 2. The van der Waals surface area contributed by atoms with Crippen molar-refractivity contribution in [3.63, 3.8) is 0 Å². The highest BCUT2D eigenvalue weighted by Crippen LogP contribution is 2.36. The zero-order valence-corrected chi connectivity index (χ0v) is 35.5. The van der Waals surface area contributed by atoms with Crippen LogP contribution < -0.4 is 5.32 Å². The van der Waals surface area contributed by atoms with Crippen LogP contribution in [0.3, 0.4) is 0 Å². The molecule has 2 amide bonds. The molecule has 312 valence electrons. The van der Waals surface area contributed by atoms with Crippen molar-refractivity contribution >= 4 is 17.8 Å². The summed E-state index contributed by atoms with van der Waals surface area (Å²) in [6.45, 7) is 17.4. The fraction of sp³-hybridized carbons (Fsp3) is 0.375. The predicted octanol–water partition coefficient (Wildman–Crippen LogP) is 8.79. The topological polar surface area (TPSA) is 139 Å². The average Bonchev–Trinajstić information content (AvgIpc) is 4.12. The maximum atomic E-state index is 14.2. The van der Waals surface area contributed by atoms with Crippen LogP contribution in [0.25, 0.3) is 33.6 Å². The van der Waals surface area contributed by atoms with Gasteiger partial charge in [0, 0.05) is 25.5 Å². The molecule has 2 fully saturated rings. The van der Waals surface area contributed by atoms with E-state index in [4.69, 9.17) is 9.97 Å². The molecule has 2 aliphatic rings. The van der Waals surface area contributed by atoms with Gasteiger partial charge in [-0.05, 0) is 85.5 Å². The molecule has 3 aromatic heterocycles. The van der Waals surface area contributed by atoms with Gasteiger partial charge >= 0.3 is 0 Å². The van der Waals surface area contributed by atoms with E-state index in [0.29, 0.717) is 19.0 Å². The number of likely N-dealkylation sites (tertiary alicyclic amines) is 2. The Labute approximate surface area is 354 Å². The molecule has 2 aromatic carbocycles. The molecule has 5 aromatic rings. The van der Waals surface area contributed by atoms with Gasteiger partial charge in [0.15, 0.2) is 0 Å². The molecular weight excluding hydrogens is 749 g/mol. The summed E-state index contributed by atoms with van der Waals surface area (Å²) in [5, 5.41) is 3.26. The number of anilines is 1. The number of allylic oxidation sites excluding steroid dienone is 3. The quantitative estimate of drug-likeness (QED) is 0.0842. The third-order valence-corrected chi connectivity index (χ3v) is 11.8. The number of amides is 2. The molecule has 0 spiro atoms. The van der Waals surface area contributed by atoms with Gasteiger partial charge in [-0.25, -0.2) is 19.9 Å². The van der Waals surface area contributed by atoms with Crippen LogP contribution in [0, 0.1) is 5.92 Å². The number of likely N-dealkylation sites (N-methyl/N-ethyl adjacent to an activating group) is 1. The molecule has 7 rings (SSSR count). The minimum atomic E-state index is -0.445. The number of aromatic nitrogens is 6. The average molecular weight is 807 g/mol. The summed E-state index contributed by atoms with van der Waals surface area (Å²) in [5.41, 5.74) is 6.88. The van der Waals surface area contributed by atoms with Gasteiger partial charge in [-0.3, -0.25) is 14.5 Å². The lowest BCUT2D eigenvalue weighted by Crippen LogP contribution is -2.49. The van der Waals surface area contributed by atoms with E-state index in [2.05, 4.69) is 99.1 Å². The first-order valence-corrected chi connectivity index (χ1v) is 21.4. The standard InChI is InChI=1S/C48H58N10O2/c1-7-10-11-15-33(6)43(56(8-2)9-3)47(60)58-29-13-17-41(58)45-52-31-39(54-45)37-24-20-35(21-25-37)34-18-22-36(23-19-34)38-30-51-44(53-38)40-16-12-28-57(40)46(59)42(32(4)5)55-48-49-26-14-27-50-48/h7,10-11,14-15,18-27,30-32,40-43H,6,8-9,12-13,16-17,28-29H2,1-5H3,(H,51,53)(H,52,54)(H,49,50,55)/b10-7-,15-11-/t40-,41-,42+,43+/m0/s1. The molecule has 2 aliphatic heterocycles. The van der Waals surface area contributed by atoms with Crippen LogP contribution >= 0.6 is 0 Å². The van der Waals surface area contributed by atoms with E-state index in [1.807, 2.05) is 67.3 Å². The largest absolute Gasteiger partial charge is 0.342 e. The summed E-state index contributed by atoms with van der Waals surface area (Å²) in [5.74, 6) is 2.22. The van der Waals surface area contributed by atoms with E-state index in [9.17, 15) is 9.59 Å². The van der Waals surface area contributed by atoms with E-state index in [-0.39, 0.29) is 29.8 Å². The Morgan fingerprint density at radius 2 is 1.28 bits per heavy atom. The van der Waals surface area contributed by atoms with Crippen molar-refractivity contribution in [3.05, 3.63) is 127 Å². The molecule has 2 saturated heterocycles. The minimum Gasteiger partial charge on any atom is -0.342 e. The SMILES string of the molecule is C=C(/C=C\C=C/C)[C@H](C(=O)N1CCC[C@H]1c1ncc(-c2ccc(-c3ccc(-c4cnc([C@@H]5CCCN5C(=O)[C@H](Nc5ncccn5)C(C)C)[nH]4)cc3)cc2)[nH]1)N(CC)CC. The second-order valence-corrected chi connectivity index (χ2v) is 15.9. The van der Waals surface area contributed by atoms with Crippen molar-refractivity contribution in [2.24, 2.45) is 5.92 Å². The van der Waals surface area contributed by atoms with E-state index < -0.39 is 12.1 Å². The smallest absolute Gasteiger partial charge is 0.246 e. The Morgan fingerprint density at radius 1 is 0.783 bits per heavy atom. The summed E-state index contributed by atoms with van der Waals surface area (Å²) in [7, 11) is 0. The van der Waals surface area contributed by atoms with Crippen molar-refractivity contribution < 1.29 is 9.59 Å². The maximum absolute atomic E-state index is 14.2. The van der Waals surface area contributed by atoms with Gasteiger partial charge in [-0.1, -0.05) is 107 Å². The molecular formula is C48H58N10O2. The van der Waals surface area contributed by atoms with Crippen LogP contribution in [0.2, 0.25) is 0 Å². The van der Waals surface area contributed by atoms with E-state index in [0.717, 1.165) is 89.6 Å². The zero-order chi connectivity index (χ0) is 42.2. The minimum absolute atomic E-state index is 0.0318. The Balaban J connectivity index is 1.00. The van der Waals surface area contributed by atoms with Crippen molar-refractivity contribution in [2.45, 2.75) is 84.5 Å². The number of hydrogen-bond acceptors (Lipinski definition) is 8. The van der Waals surface area contributed by atoms with Gasteiger partial charge in [0.05, 0.1) is 35.9 Å². The highest BCUT2D eigenvalue weighted by molar-refractivity contribution is 5.86. The molecule has 12 nitrogen and oxygen atoms in total. The third kappa shape index (κ3) is 9.18. The number of benzene rings is 2. The van der Waals surface area contributed by atoms with Crippen molar-refractivity contribution in [1.82, 2.24) is 44.6 Å². The van der Waals surface area contributed by atoms with Gasteiger partial charge in [-0.2, -0.15) is 0 Å². The highest BCUT2D eigenvalue weighted by Gasteiger charge is 2.39. The van der Waals surface area contributed by atoms with E-state index >= 15 is 0 Å². The summed E-state index contributed by atoms with van der Waals surface area (Å²) in [4.78, 5) is 59.4. The summed E-state index contributed by atoms with van der Waals surface area (Å²) in [6, 6.07) is 17.6. The number of carbonyl (C=O) groups is 2. The van der Waals surface area contributed by atoms with Crippen LogP contribution in [0.5, 0.6) is 0 Å². The van der Waals surface area contributed by atoms with Crippen molar-refractivity contribution in [1.29, 1.82) is 0 Å². The van der Waals surface area contributed by atoms with Crippen LogP contribution in [0.15, 0.2) is 116 Å². The molecule has 0 saturated carbocycles. The molecule has 0 aliphatic carbocycles. The lowest BCUT2D eigenvalue weighted by atomic mass is 10.0. The number of carbonyl (C=O) groups excluding carboxylic acids is 2. The molecule has 0 bridgehead atoms. The first kappa shape index (κ1) is 42.0. The highest BCUT2D eigenvalue weighted by atomic mass is 16.2. The Kier molecular flexibility index (Phi) is 13.5. The fourth-order valence-corrected chi connectivity index (χ4v) is 8.50. The normalized spacial score (nSPS) is 18.0. The predicted molar refractivity (Wildman–Crippen MR) is 239 cm³/mol. The second kappa shape index (κ2) is 19.3. The second-order valence-electron chi connectivity index (χ2n) is 15.9. The van der Waals surface area contributed by atoms with E-state index in [1.165, 1.54) is 0 Å². The van der Waals surface area contributed by atoms with Crippen LogP contribution in [-0.4, -0.2) is 94.7 Å². The third-order valence-electron chi connectivity index (χ3n) is 11.8. The summed E-state index contributed by atoms with van der Waals surface area (Å²) in [6.07, 6.45) is 18.5. The first-order valence-electron chi connectivity index (χ1n) is 21.4. The van der Waals surface area contributed by atoms with Gasteiger partial charge in [0.2, 0.25) is 17.8 Å². The molecule has 12 heteroatoms. The van der Waals surface area contributed by atoms with Gasteiger partial charge in [0.25, 0.3) is 0 Å². The van der Waals surface area contributed by atoms with Crippen LogP contribution in [0.1, 0.15) is 84.0 Å². The van der Waals surface area contributed by atoms with Crippen molar-refractivity contribution in [2.75, 3.05) is 31.5 Å². The van der Waals surface area contributed by atoms with Crippen molar-refractivity contribution in [3.8, 4) is 33.6 Å². The molecule has 60 heavy (non-hydrogen) atoms. The Morgan fingerprint density at radius 3 is 1.77 bits per heavy atom. The molecule has 0 radical (unpaired) electrons. The maximum Gasteiger partial charge on any atom is 0.246 e. The van der Waals surface area contributed by atoms with Gasteiger partial charge in [0.1, 0.15) is 23.7 Å². The molecule has 3 N–H and O–H groups in total.